The molecule has 76 valence electrons. The Morgan fingerprint density at radius 3 is 2.73 bits per heavy atom. The predicted octanol–water partition coefficient (Wildman–Crippen LogP) is 1.47. The van der Waals surface area contributed by atoms with Crippen molar-refractivity contribution >= 4 is 5.69 Å². The van der Waals surface area contributed by atoms with Gasteiger partial charge in [-0.1, -0.05) is 0 Å². The Morgan fingerprint density at radius 1 is 1.13 bits per heavy atom. The molecule has 3 rings (SSSR count). The van der Waals surface area contributed by atoms with E-state index in [1.165, 1.54) is 6.42 Å². The number of aromatic nitrogens is 3. The number of rotatable bonds is 1. The summed E-state index contributed by atoms with van der Waals surface area (Å²) in [5, 5.41) is 8.39. The van der Waals surface area contributed by atoms with Crippen molar-refractivity contribution in [2.24, 2.45) is 0 Å². The Kier molecular flexibility index (Phi) is 1.74. The topological polar surface area (TPSA) is 56.7 Å². The van der Waals surface area contributed by atoms with Gasteiger partial charge in [0.05, 0.1) is 0 Å². The molecule has 0 atom stereocenters. The fourth-order valence-corrected chi connectivity index (χ4v) is 2.00. The third-order valence-electron chi connectivity index (χ3n) is 2.78. The van der Waals surface area contributed by atoms with Crippen LogP contribution >= 0.6 is 0 Å². The van der Waals surface area contributed by atoms with Crippen molar-refractivity contribution in [1.82, 2.24) is 14.8 Å². The summed E-state index contributed by atoms with van der Waals surface area (Å²) >= 11 is 0. The van der Waals surface area contributed by atoms with Crippen LogP contribution in [0.3, 0.4) is 0 Å². The van der Waals surface area contributed by atoms with Crippen LogP contribution in [0.4, 0.5) is 5.69 Å². The average molecular weight is 200 g/mol. The second-order valence-corrected chi connectivity index (χ2v) is 3.82. The molecule has 0 fully saturated rings. The SMILES string of the molecule is Nc1ccc(-c2nnc3n2CCC3)cc1. The lowest BCUT2D eigenvalue weighted by Crippen LogP contribution is -1.96. The molecule has 0 unspecified atom stereocenters. The second-order valence-electron chi connectivity index (χ2n) is 3.82. The van der Waals surface area contributed by atoms with Gasteiger partial charge in [0.1, 0.15) is 5.82 Å². The molecular formula is C11H12N4. The molecule has 0 aliphatic carbocycles. The molecule has 0 spiro atoms. The van der Waals surface area contributed by atoms with Crippen molar-refractivity contribution < 1.29 is 0 Å². The molecule has 0 saturated heterocycles. The van der Waals surface area contributed by atoms with Crippen LogP contribution in [0.25, 0.3) is 11.4 Å². The van der Waals surface area contributed by atoms with E-state index in [1.54, 1.807) is 0 Å². The van der Waals surface area contributed by atoms with Gasteiger partial charge in [-0.05, 0) is 30.7 Å². The smallest absolute Gasteiger partial charge is 0.163 e. The van der Waals surface area contributed by atoms with E-state index in [4.69, 9.17) is 5.73 Å². The summed E-state index contributed by atoms with van der Waals surface area (Å²) in [6.07, 6.45) is 2.22. The van der Waals surface area contributed by atoms with Crippen molar-refractivity contribution in [2.75, 3.05) is 5.73 Å². The molecule has 15 heavy (non-hydrogen) atoms. The highest BCUT2D eigenvalue weighted by molar-refractivity contribution is 5.59. The summed E-state index contributed by atoms with van der Waals surface area (Å²) in [6, 6.07) is 7.77. The summed E-state index contributed by atoms with van der Waals surface area (Å²) in [5.74, 6) is 2.06. The van der Waals surface area contributed by atoms with Crippen molar-refractivity contribution in [1.29, 1.82) is 0 Å². The first-order valence-corrected chi connectivity index (χ1v) is 5.12. The third-order valence-corrected chi connectivity index (χ3v) is 2.78. The van der Waals surface area contributed by atoms with Gasteiger partial charge in [-0.25, -0.2) is 0 Å². The minimum atomic E-state index is 0.778. The maximum atomic E-state index is 5.65. The highest BCUT2D eigenvalue weighted by Gasteiger charge is 2.17. The molecule has 4 heteroatoms. The van der Waals surface area contributed by atoms with Crippen LogP contribution in [0, 0.1) is 0 Å². The number of hydrogen-bond acceptors (Lipinski definition) is 3. The van der Waals surface area contributed by atoms with Gasteiger partial charge in [-0.2, -0.15) is 0 Å². The Morgan fingerprint density at radius 2 is 1.93 bits per heavy atom. The van der Waals surface area contributed by atoms with Crippen molar-refractivity contribution in [3.63, 3.8) is 0 Å². The van der Waals surface area contributed by atoms with E-state index in [2.05, 4.69) is 14.8 Å². The zero-order valence-electron chi connectivity index (χ0n) is 8.35. The normalized spacial score (nSPS) is 14.1. The maximum absolute atomic E-state index is 5.65. The van der Waals surface area contributed by atoms with Gasteiger partial charge in [0, 0.05) is 24.2 Å². The molecule has 1 aromatic carbocycles. The number of fused-ring (bicyclic) bond motifs is 1. The van der Waals surface area contributed by atoms with Crippen LogP contribution in [0.2, 0.25) is 0 Å². The highest BCUT2D eigenvalue weighted by atomic mass is 15.3. The standard InChI is InChI=1S/C11H12N4/c12-9-5-3-8(4-6-9)11-14-13-10-2-1-7-15(10)11/h3-6H,1-2,7,12H2. The maximum Gasteiger partial charge on any atom is 0.163 e. The minimum Gasteiger partial charge on any atom is -0.399 e. The first kappa shape index (κ1) is 8.47. The van der Waals surface area contributed by atoms with Crippen LogP contribution in [0.1, 0.15) is 12.2 Å². The molecule has 2 heterocycles. The molecule has 0 saturated carbocycles. The van der Waals surface area contributed by atoms with E-state index < -0.39 is 0 Å². The average Bonchev–Trinajstić information content (AvgIpc) is 2.80. The number of anilines is 1. The lowest BCUT2D eigenvalue weighted by molar-refractivity contribution is 0.748. The Labute approximate surface area is 87.7 Å². The molecule has 1 aliphatic heterocycles. The zero-order chi connectivity index (χ0) is 10.3. The molecular weight excluding hydrogens is 188 g/mol. The number of benzene rings is 1. The van der Waals surface area contributed by atoms with Gasteiger partial charge < -0.3 is 10.3 Å². The van der Waals surface area contributed by atoms with Gasteiger partial charge in [0.15, 0.2) is 5.82 Å². The number of nitrogens with two attached hydrogens (primary N) is 1. The fourth-order valence-electron chi connectivity index (χ4n) is 2.00. The third kappa shape index (κ3) is 1.29. The van der Waals surface area contributed by atoms with E-state index in [1.807, 2.05) is 24.3 Å². The Balaban J connectivity index is 2.09. The second kappa shape index (κ2) is 3.08. The van der Waals surface area contributed by atoms with Gasteiger partial charge in [0.25, 0.3) is 0 Å². The molecule has 1 aromatic heterocycles. The number of aryl methyl sites for hydroxylation is 1. The zero-order valence-corrected chi connectivity index (χ0v) is 8.35. The molecule has 1 aliphatic rings. The van der Waals surface area contributed by atoms with E-state index in [0.29, 0.717) is 0 Å². The van der Waals surface area contributed by atoms with Crippen LogP contribution < -0.4 is 5.73 Å². The van der Waals surface area contributed by atoms with Gasteiger partial charge >= 0.3 is 0 Å². The molecule has 0 amide bonds. The molecule has 2 N–H and O–H groups in total. The van der Waals surface area contributed by atoms with Crippen LogP contribution in [0.5, 0.6) is 0 Å². The van der Waals surface area contributed by atoms with E-state index >= 15 is 0 Å². The summed E-state index contributed by atoms with van der Waals surface area (Å²) in [6.45, 7) is 1.03. The molecule has 4 nitrogen and oxygen atoms in total. The van der Waals surface area contributed by atoms with Crippen molar-refractivity contribution in [2.45, 2.75) is 19.4 Å². The van der Waals surface area contributed by atoms with Crippen molar-refractivity contribution in [3.05, 3.63) is 30.1 Å². The van der Waals surface area contributed by atoms with Crippen LogP contribution in [-0.4, -0.2) is 14.8 Å². The summed E-state index contributed by atoms with van der Waals surface area (Å²) in [7, 11) is 0. The quantitative estimate of drug-likeness (QED) is 0.709. The fraction of sp³-hybridized carbons (Fsp3) is 0.273. The molecule has 2 aromatic rings. The summed E-state index contributed by atoms with van der Waals surface area (Å²) in [5.41, 5.74) is 7.52. The van der Waals surface area contributed by atoms with E-state index in [-0.39, 0.29) is 0 Å². The molecule has 0 bridgehead atoms. The van der Waals surface area contributed by atoms with Crippen LogP contribution in [-0.2, 0) is 13.0 Å². The number of nitrogen functional groups attached to an aromatic ring is 1. The summed E-state index contributed by atoms with van der Waals surface area (Å²) < 4.78 is 2.19. The Hall–Kier alpha value is -1.84. The largest absolute Gasteiger partial charge is 0.399 e. The highest BCUT2D eigenvalue weighted by Crippen LogP contribution is 2.23. The first-order chi connectivity index (χ1) is 7.34. The lowest BCUT2D eigenvalue weighted by Gasteiger charge is -2.02. The first-order valence-electron chi connectivity index (χ1n) is 5.12. The lowest BCUT2D eigenvalue weighted by atomic mass is 10.2. The van der Waals surface area contributed by atoms with Crippen LogP contribution in [0.15, 0.2) is 24.3 Å². The number of hydrogen-bond donors (Lipinski definition) is 1. The predicted molar refractivity (Wildman–Crippen MR) is 58.2 cm³/mol. The van der Waals surface area contributed by atoms with E-state index in [0.717, 1.165) is 35.9 Å². The van der Waals surface area contributed by atoms with Gasteiger partial charge in [-0.15, -0.1) is 10.2 Å². The monoisotopic (exact) mass is 200 g/mol. The number of nitrogens with zero attached hydrogens (tertiary/aromatic N) is 3. The van der Waals surface area contributed by atoms with Crippen molar-refractivity contribution in [3.8, 4) is 11.4 Å². The summed E-state index contributed by atoms with van der Waals surface area (Å²) in [4.78, 5) is 0. The van der Waals surface area contributed by atoms with Gasteiger partial charge in [0.2, 0.25) is 0 Å². The van der Waals surface area contributed by atoms with Gasteiger partial charge in [-0.3, -0.25) is 0 Å². The van der Waals surface area contributed by atoms with E-state index in [9.17, 15) is 0 Å². The molecule has 0 radical (unpaired) electrons. The Bertz CT molecular complexity index is 484. The minimum absolute atomic E-state index is 0.778.